The molecule has 2 aromatic heterocycles. The van der Waals surface area contributed by atoms with Gasteiger partial charge in [-0.2, -0.15) is 4.98 Å². The third-order valence-electron chi connectivity index (χ3n) is 5.04. The number of methoxy groups -OCH3 is 1. The predicted octanol–water partition coefficient (Wildman–Crippen LogP) is 4.25. The maximum absolute atomic E-state index is 13.7. The van der Waals surface area contributed by atoms with Crippen LogP contribution in [0.15, 0.2) is 57.8 Å². The largest absolute Gasteiger partial charge is 0.490 e. The van der Waals surface area contributed by atoms with Crippen molar-refractivity contribution in [1.29, 1.82) is 0 Å². The van der Waals surface area contributed by atoms with Crippen LogP contribution in [-0.2, 0) is 6.54 Å². The lowest BCUT2D eigenvalue weighted by Crippen LogP contribution is -2.28. The van der Waals surface area contributed by atoms with E-state index in [1.807, 2.05) is 24.5 Å². The van der Waals surface area contributed by atoms with Crippen molar-refractivity contribution in [3.8, 4) is 5.75 Å². The van der Waals surface area contributed by atoms with E-state index < -0.39 is 17.2 Å². The lowest BCUT2D eigenvalue weighted by Gasteiger charge is -2.26. The first-order valence-electron chi connectivity index (χ1n) is 9.56. The van der Waals surface area contributed by atoms with Crippen molar-refractivity contribution in [2.45, 2.75) is 25.9 Å². The summed E-state index contributed by atoms with van der Waals surface area (Å²) in [4.78, 5) is 20.8. The highest BCUT2D eigenvalue weighted by Gasteiger charge is 2.21. The van der Waals surface area contributed by atoms with Crippen LogP contribution in [0.2, 0.25) is 0 Å². The van der Waals surface area contributed by atoms with Crippen LogP contribution in [-0.4, -0.2) is 27.7 Å². The van der Waals surface area contributed by atoms with Crippen molar-refractivity contribution in [3.05, 3.63) is 86.3 Å². The van der Waals surface area contributed by atoms with E-state index in [-0.39, 0.29) is 24.3 Å². The molecule has 0 fully saturated rings. The van der Waals surface area contributed by atoms with Crippen molar-refractivity contribution < 1.29 is 13.5 Å². The van der Waals surface area contributed by atoms with Crippen LogP contribution in [0.4, 0.5) is 14.7 Å². The van der Waals surface area contributed by atoms with Gasteiger partial charge in [-0.15, -0.1) is 11.3 Å². The minimum Gasteiger partial charge on any atom is -0.490 e. The van der Waals surface area contributed by atoms with E-state index in [0.29, 0.717) is 12.0 Å². The molecule has 0 aliphatic heterocycles. The van der Waals surface area contributed by atoms with Gasteiger partial charge in [0, 0.05) is 11.4 Å². The van der Waals surface area contributed by atoms with Crippen molar-refractivity contribution >= 4 is 22.9 Å². The van der Waals surface area contributed by atoms with Gasteiger partial charge in [0.25, 0.3) is 0 Å². The van der Waals surface area contributed by atoms with E-state index in [4.69, 9.17) is 4.74 Å². The van der Waals surface area contributed by atoms with E-state index in [9.17, 15) is 13.6 Å². The molecular weight excluding hydrogens is 422 g/mol. The first-order valence-corrected chi connectivity index (χ1v) is 10.5. The van der Waals surface area contributed by atoms with E-state index in [2.05, 4.69) is 15.3 Å². The Bertz CT molecular complexity index is 1200. The summed E-state index contributed by atoms with van der Waals surface area (Å²) in [7, 11) is 1.37. The van der Waals surface area contributed by atoms with Gasteiger partial charge in [-0.05, 0) is 36.6 Å². The highest BCUT2D eigenvalue weighted by atomic mass is 32.1. The van der Waals surface area contributed by atoms with Crippen LogP contribution in [0.5, 0.6) is 5.75 Å². The third-order valence-corrected chi connectivity index (χ3v) is 5.63. The molecule has 1 aliphatic carbocycles. The lowest BCUT2D eigenvalue weighted by molar-refractivity contribution is 0.402. The minimum atomic E-state index is -0.672. The molecule has 1 atom stereocenters. The molecule has 1 aliphatic rings. The SMILES string of the molecule is COc1cn(Cc2cc(F)cc(F)c2)c(NC2CC(c3cscn3)=CC=C2C)nc1=O. The van der Waals surface area contributed by atoms with Gasteiger partial charge in [0.2, 0.25) is 11.7 Å². The zero-order chi connectivity index (χ0) is 22.0. The monoisotopic (exact) mass is 442 g/mol. The zero-order valence-corrected chi connectivity index (χ0v) is 17.7. The minimum absolute atomic E-state index is 0.0430. The summed E-state index contributed by atoms with van der Waals surface area (Å²) in [6.45, 7) is 2.09. The van der Waals surface area contributed by atoms with Crippen LogP contribution in [0.1, 0.15) is 24.6 Å². The molecular formula is C22H20F2N4O2S. The molecule has 2 heterocycles. The fraction of sp³-hybridized carbons (Fsp3) is 0.227. The second kappa shape index (κ2) is 8.81. The predicted molar refractivity (Wildman–Crippen MR) is 116 cm³/mol. The number of halogens is 2. The Labute approximate surface area is 181 Å². The fourth-order valence-corrected chi connectivity index (χ4v) is 4.00. The summed E-state index contributed by atoms with van der Waals surface area (Å²) >= 11 is 1.53. The molecule has 9 heteroatoms. The number of thiazole rings is 1. The number of anilines is 1. The molecule has 0 amide bonds. The number of hydrogen-bond acceptors (Lipinski definition) is 6. The van der Waals surface area contributed by atoms with Gasteiger partial charge < -0.3 is 14.6 Å². The molecule has 31 heavy (non-hydrogen) atoms. The van der Waals surface area contributed by atoms with Gasteiger partial charge in [0.1, 0.15) is 11.6 Å². The third kappa shape index (κ3) is 4.72. The molecule has 1 unspecified atom stereocenters. The Morgan fingerprint density at radius 3 is 2.71 bits per heavy atom. The summed E-state index contributed by atoms with van der Waals surface area (Å²) in [5.41, 5.74) is 4.69. The number of benzene rings is 1. The first-order chi connectivity index (χ1) is 14.9. The van der Waals surface area contributed by atoms with Gasteiger partial charge in [-0.1, -0.05) is 17.7 Å². The maximum Gasteiger partial charge on any atom is 0.316 e. The molecule has 160 valence electrons. The van der Waals surface area contributed by atoms with E-state index >= 15 is 0 Å². The van der Waals surface area contributed by atoms with E-state index in [0.717, 1.165) is 22.9 Å². The van der Waals surface area contributed by atoms with Crippen LogP contribution < -0.4 is 15.6 Å². The number of hydrogen-bond donors (Lipinski definition) is 1. The van der Waals surface area contributed by atoms with Crippen molar-refractivity contribution in [2.75, 3.05) is 12.4 Å². The summed E-state index contributed by atoms with van der Waals surface area (Å²) < 4.78 is 34.1. The van der Waals surface area contributed by atoms with Crippen molar-refractivity contribution in [2.24, 2.45) is 0 Å². The quantitative estimate of drug-likeness (QED) is 0.618. The molecule has 0 radical (unpaired) electrons. The topological polar surface area (TPSA) is 69.0 Å². The molecule has 6 nitrogen and oxygen atoms in total. The van der Waals surface area contributed by atoms with Crippen molar-refractivity contribution in [3.63, 3.8) is 0 Å². The second-order valence-electron chi connectivity index (χ2n) is 7.22. The number of ether oxygens (including phenoxy) is 1. The van der Waals surface area contributed by atoms with Gasteiger partial charge in [0.15, 0.2) is 0 Å². The second-order valence-corrected chi connectivity index (χ2v) is 7.94. The Morgan fingerprint density at radius 1 is 1.26 bits per heavy atom. The van der Waals surface area contributed by atoms with E-state index in [1.165, 1.54) is 36.8 Å². The molecule has 1 N–H and O–H groups in total. The average molecular weight is 442 g/mol. The normalized spacial score (nSPS) is 15.9. The van der Waals surface area contributed by atoms with Crippen molar-refractivity contribution in [1.82, 2.24) is 14.5 Å². The molecule has 0 spiro atoms. The lowest BCUT2D eigenvalue weighted by atomic mass is 9.93. The van der Waals surface area contributed by atoms with Crippen LogP contribution >= 0.6 is 11.3 Å². The standard InChI is InChI=1S/C22H20F2N4O2S/c1-13-3-4-15(19-11-31-12-25-19)7-18(13)26-22-27-21(29)20(30-2)10-28(22)9-14-5-16(23)8-17(24)6-14/h3-6,8,10-12,18H,7,9H2,1-2H3,(H,26,27,29). The Balaban J connectivity index is 1.66. The van der Waals surface area contributed by atoms with Crippen LogP contribution in [0.25, 0.3) is 5.57 Å². The Morgan fingerprint density at radius 2 is 2.03 bits per heavy atom. The summed E-state index contributed by atoms with van der Waals surface area (Å²) in [6.07, 6.45) is 6.18. The van der Waals surface area contributed by atoms with Crippen LogP contribution in [0, 0.1) is 11.6 Å². The van der Waals surface area contributed by atoms with Gasteiger partial charge in [-0.3, -0.25) is 4.79 Å². The average Bonchev–Trinajstić information content (AvgIpc) is 3.25. The maximum atomic E-state index is 13.7. The number of nitrogens with zero attached hydrogens (tertiary/aromatic N) is 3. The Kier molecular flexibility index (Phi) is 5.94. The molecule has 1 aromatic carbocycles. The Hall–Kier alpha value is -3.33. The van der Waals surface area contributed by atoms with Gasteiger partial charge in [0.05, 0.1) is 37.1 Å². The van der Waals surface area contributed by atoms with Gasteiger partial charge >= 0.3 is 5.56 Å². The van der Waals surface area contributed by atoms with Crippen LogP contribution in [0.3, 0.4) is 0 Å². The van der Waals surface area contributed by atoms with E-state index in [1.54, 1.807) is 10.1 Å². The number of nitrogens with one attached hydrogen (secondary N) is 1. The molecule has 3 aromatic rings. The molecule has 0 bridgehead atoms. The highest BCUT2D eigenvalue weighted by molar-refractivity contribution is 7.07. The highest BCUT2D eigenvalue weighted by Crippen LogP contribution is 2.29. The molecule has 4 rings (SSSR count). The summed E-state index contributed by atoms with van der Waals surface area (Å²) in [5, 5.41) is 5.29. The summed E-state index contributed by atoms with van der Waals surface area (Å²) in [6, 6.07) is 3.17. The number of aromatic nitrogens is 3. The fourth-order valence-electron chi connectivity index (χ4n) is 3.43. The summed E-state index contributed by atoms with van der Waals surface area (Å²) in [5.74, 6) is -1.02. The first kappa shape index (κ1) is 20.9. The smallest absolute Gasteiger partial charge is 0.316 e. The van der Waals surface area contributed by atoms with Gasteiger partial charge in [-0.25, -0.2) is 13.8 Å². The number of allylic oxidation sites excluding steroid dienone is 2. The molecule has 0 saturated heterocycles. The zero-order valence-electron chi connectivity index (χ0n) is 16.9. The molecule has 0 saturated carbocycles. The number of rotatable bonds is 6.